The van der Waals surface area contributed by atoms with E-state index in [4.69, 9.17) is 0 Å². The molecule has 2 heterocycles. The van der Waals surface area contributed by atoms with Gasteiger partial charge in [-0.2, -0.15) is 13.9 Å². The Bertz CT molecular complexity index is 1490. The Labute approximate surface area is 299 Å². The topological polar surface area (TPSA) is 129 Å². The summed E-state index contributed by atoms with van der Waals surface area (Å²) in [5.74, 6) is -5.48. The minimum atomic E-state index is -3.57. The molecule has 3 N–H and O–H groups in total. The molecule has 1 aliphatic heterocycles. The van der Waals surface area contributed by atoms with Gasteiger partial charge >= 0.3 is 5.92 Å². The van der Waals surface area contributed by atoms with E-state index < -0.39 is 29.1 Å². The normalized spacial score (nSPS) is 21.8. The number of hydrogen-bond donors (Lipinski definition) is 3. The number of alkyl halides is 2. The Morgan fingerprint density at radius 2 is 1.65 bits per heavy atom. The van der Waals surface area contributed by atoms with Crippen LogP contribution in [0, 0.1) is 17.2 Å². The van der Waals surface area contributed by atoms with Crippen molar-refractivity contribution in [3.63, 3.8) is 0 Å². The van der Waals surface area contributed by atoms with Gasteiger partial charge in [0.05, 0.1) is 17.8 Å². The van der Waals surface area contributed by atoms with Crippen LogP contribution in [-0.2, 0) is 26.3 Å². The molecule has 51 heavy (non-hydrogen) atoms. The number of aldehydes is 2. The Morgan fingerprint density at radius 3 is 2.14 bits per heavy atom. The number of carbonyl (C=O) groups is 4. The quantitative estimate of drug-likeness (QED) is 0.294. The Morgan fingerprint density at radius 1 is 1.00 bits per heavy atom. The first kappa shape index (κ1) is 40.0. The van der Waals surface area contributed by atoms with Crippen molar-refractivity contribution in [2.45, 2.75) is 95.2 Å². The van der Waals surface area contributed by atoms with E-state index in [9.17, 15) is 32.3 Å². The summed E-state index contributed by atoms with van der Waals surface area (Å²) in [5, 5.41) is 11.8. The number of nitrogens with zero attached hydrogens (tertiary/aromatic N) is 4. The molecule has 2 amide bonds. The summed E-state index contributed by atoms with van der Waals surface area (Å²) in [5.41, 5.74) is 1.03. The van der Waals surface area contributed by atoms with Crippen LogP contribution in [0.4, 0.5) is 18.9 Å². The second kappa shape index (κ2) is 17.2. The zero-order chi connectivity index (χ0) is 37.4. The van der Waals surface area contributed by atoms with Crippen molar-refractivity contribution in [3.05, 3.63) is 47.5 Å². The Kier molecular flexibility index (Phi) is 13.5. The third kappa shape index (κ3) is 10.4. The van der Waals surface area contributed by atoms with Crippen LogP contribution < -0.4 is 16.0 Å². The molecule has 282 valence electrons. The van der Waals surface area contributed by atoms with Crippen molar-refractivity contribution < 1.29 is 32.3 Å². The molecule has 1 aromatic carbocycles. The van der Waals surface area contributed by atoms with E-state index in [0.29, 0.717) is 60.9 Å². The van der Waals surface area contributed by atoms with E-state index in [1.165, 1.54) is 64.0 Å². The van der Waals surface area contributed by atoms with Gasteiger partial charge in [-0.1, -0.05) is 12.5 Å². The van der Waals surface area contributed by atoms with Crippen LogP contribution in [0.3, 0.4) is 0 Å². The smallest absolute Gasteiger partial charge is 0.321 e. The van der Waals surface area contributed by atoms with Gasteiger partial charge in [-0.25, -0.2) is 4.39 Å². The zero-order valence-corrected chi connectivity index (χ0v) is 30.5. The lowest BCUT2D eigenvalue weighted by Gasteiger charge is -2.32. The number of piperazine rings is 1. The lowest BCUT2D eigenvalue weighted by Crippen LogP contribution is -2.49. The number of benzene rings is 1. The van der Waals surface area contributed by atoms with Crippen LogP contribution in [-0.4, -0.2) is 109 Å². The molecule has 1 aromatic heterocycles. The molecule has 4 aliphatic rings. The molecule has 11 nitrogen and oxygen atoms in total. The first-order valence-electron chi connectivity index (χ1n) is 18.0. The third-order valence-electron chi connectivity index (χ3n) is 10.9. The maximum absolute atomic E-state index is 13.9. The second-order valence-corrected chi connectivity index (χ2v) is 14.7. The van der Waals surface area contributed by atoms with Gasteiger partial charge in [0.1, 0.15) is 24.1 Å². The lowest BCUT2D eigenvalue weighted by atomic mass is 9.76. The van der Waals surface area contributed by atoms with Crippen LogP contribution in [0.5, 0.6) is 0 Å². The highest BCUT2D eigenvalue weighted by molar-refractivity contribution is 5.94. The molecule has 0 bridgehead atoms. The van der Waals surface area contributed by atoms with Crippen molar-refractivity contribution in [2.24, 2.45) is 11.3 Å². The molecule has 3 unspecified atom stereocenters. The van der Waals surface area contributed by atoms with E-state index in [0.717, 1.165) is 19.1 Å². The average molecular weight is 718 g/mol. The maximum Gasteiger partial charge on any atom is 0.321 e. The standard InChI is InChI=1S/C16H23N3O2.C15H17F3N2O2.C6H14N2/c1-2-19-14(5-9-17-19)15(21)18-13(11-20)12-4-3-6-16(10-12)7-8-16;1-14(17,18)13(22)20-12(8-21)15(5-6-15)9-3-4-11(19-2)10(16)7-9;1-7-3-5-8(2)6-4-7/h5,9,11-13H,2-4,6-8,10H2,1H3,(H,18,21);3-4,7-8,12,19H,5-6H2,1-2H3,(H,20,22);3-6H2,1-2H3. The number of likely N-dealkylation sites (N-methyl/N-ethyl adjacent to an activating group) is 2. The minimum absolute atomic E-state index is 0.193. The number of aryl methyl sites for hydroxylation is 1. The van der Waals surface area contributed by atoms with E-state index in [-0.39, 0.29) is 11.9 Å². The molecule has 3 atom stereocenters. The highest BCUT2D eigenvalue weighted by Crippen LogP contribution is 2.58. The Balaban J connectivity index is 0.000000189. The highest BCUT2D eigenvalue weighted by atomic mass is 19.3. The summed E-state index contributed by atoms with van der Waals surface area (Å²) in [4.78, 5) is 51.2. The van der Waals surface area contributed by atoms with Crippen LogP contribution in [0.15, 0.2) is 30.5 Å². The van der Waals surface area contributed by atoms with Gasteiger partial charge in [0.15, 0.2) is 0 Å². The average Bonchev–Trinajstić information content (AvgIpc) is 4.03. The van der Waals surface area contributed by atoms with Gasteiger partial charge in [-0.3, -0.25) is 14.3 Å². The predicted molar refractivity (Wildman–Crippen MR) is 189 cm³/mol. The van der Waals surface area contributed by atoms with E-state index in [1.807, 2.05) is 6.92 Å². The van der Waals surface area contributed by atoms with Crippen LogP contribution in [0.1, 0.15) is 81.3 Å². The minimum Gasteiger partial charge on any atom is -0.386 e. The largest absolute Gasteiger partial charge is 0.386 e. The Hall–Kier alpha value is -3.78. The van der Waals surface area contributed by atoms with Crippen molar-refractivity contribution in [1.82, 2.24) is 30.2 Å². The summed E-state index contributed by atoms with van der Waals surface area (Å²) >= 11 is 0. The molecule has 6 rings (SSSR count). The maximum atomic E-state index is 13.9. The lowest BCUT2D eigenvalue weighted by molar-refractivity contribution is -0.144. The van der Waals surface area contributed by atoms with E-state index in [1.54, 1.807) is 30.1 Å². The molecule has 14 heteroatoms. The number of halogens is 3. The van der Waals surface area contributed by atoms with Gasteiger partial charge in [0.25, 0.3) is 11.8 Å². The molecule has 4 fully saturated rings. The molecular formula is C37H54F3N7O4. The van der Waals surface area contributed by atoms with Crippen molar-refractivity contribution in [3.8, 4) is 0 Å². The molecule has 0 radical (unpaired) electrons. The van der Waals surface area contributed by atoms with Crippen molar-refractivity contribution in [1.29, 1.82) is 0 Å². The number of hydrogen-bond acceptors (Lipinski definition) is 8. The molecule has 1 spiro atoms. The summed E-state index contributed by atoms with van der Waals surface area (Å²) in [7, 11) is 5.92. The zero-order valence-electron chi connectivity index (χ0n) is 30.5. The molecular weight excluding hydrogens is 663 g/mol. The highest BCUT2D eigenvalue weighted by Gasteiger charge is 2.53. The number of nitrogens with one attached hydrogen (secondary N) is 3. The van der Waals surface area contributed by atoms with Crippen molar-refractivity contribution in [2.75, 3.05) is 52.6 Å². The van der Waals surface area contributed by atoms with Gasteiger partial charge in [0, 0.05) is 58.3 Å². The fourth-order valence-electron chi connectivity index (χ4n) is 7.12. The van der Waals surface area contributed by atoms with Crippen molar-refractivity contribution >= 4 is 30.1 Å². The SMILES string of the molecule is CCn1nccc1C(=O)NC(C=O)C1CCCC2(CC2)C1.CN1CCN(C)CC1.CNc1ccc(C2(C(C=O)NC(=O)C(C)(F)F)CC2)cc1F. The summed E-state index contributed by atoms with van der Waals surface area (Å²) in [6.45, 7) is 7.98. The first-order valence-corrected chi connectivity index (χ1v) is 18.0. The summed E-state index contributed by atoms with van der Waals surface area (Å²) < 4.78 is 41.5. The van der Waals surface area contributed by atoms with Gasteiger partial charge < -0.3 is 35.3 Å². The second-order valence-electron chi connectivity index (χ2n) is 14.7. The van der Waals surface area contributed by atoms with Crippen LogP contribution >= 0.6 is 0 Å². The van der Waals surface area contributed by atoms with Gasteiger partial charge in [0.2, 0.25) is 0 Å². The van der Waals surface area contributed by atoms with Crippen LogP contribution in [0.25, 0.3) is 0 Å². The molecule has 3 saturated carbocycles. The van der Waals surface area contributed by atoms with E-state index in [2.05, 4.69) is 44.9 Å². The van der Waals surface area contributed by atoms with E-state index >= 15 is 0 Å². The fourth-order valence-corrected chi connectivity index (χ4v) is 7.12. The number of aromatic nitrogens is 2. The van der Waals surface area contributed by atoms with Gasteiger partial charge in [-0.05, 0) is 101 Å². The monoisotopic (exact) mass is 717 g/mol. The first-order chi connectivity index (χ1) is 24.2. The number of amides is 2. The van der Waals surface area contributed by atoms with Crippen LogP contribution in [0.2, 0.25) is 0 Å². The number of anilines is 1. The molecule has 3 aliphatic carbocycles. The number of carbonyl (C=O) groups excluding carboxylic acids is 4. The number of rotatable bonds is 11. The summed E-state index contributed by atoms with van der Waals surface area (Å²) in [6, 6.07) is 4.65. The van der Waals surface area contributed by atoms with Gasteiger partial charge in [-0.15, -0.1) is 0 Å². The molecule has 2 aromatic rings. The fraction of sp³-hybridized carbons (Fsp3) is 0.649. The predicted octanol–water partition coefficient (Wildman–Crippen LogP) is 4.27. The summed E-state index contributed by atoms with van der Waals surface area (Å²) in [6.07, 6.45) is 11.2. The third-order valence-corrected chi connectivity index (χ3v) is 10.9. The molecule has 1 saturated heterocycles.